The molecule has 0 saturated carbocycles. The monoisotopic (exact) mass is 133 g/mol. The second-order valence-electron chi connectivity index (χ2n) is 2.48. The summed E-state index contributed by atoms with van der Waals surface area (Å²) in [5.41, 5.74) is 1.32. The number of anilines is 1. The molecule has 2 heterocycles. The largest absolute Gasteiger partial charge is 0.354 e. The van der Waals surface area contributed by atoms with Crippen LogP contribution in [-0.4, -0.2) is 12.0 Å². The molecule has 1 aromatic heterocycles. The molecule has 0 atom stereocenters. The van der Waals surface area contributed by atoms with Crippen LogP contribution in [0.2, 0.25) is 0 Å². The highest BCUT2D eigenvalue weighted by Crippen LogP contribution is 2.24. The lowest BCUT2D eigenvalue weighted by atomic mass is 10.2. The van der Waals surface area contributed by atoms with Crippen molar-refractivity contribution in [1.82, 2.24) is 4.98 Å². The van der Waals surface area contributed by atoms with E-state index in [4.69, 9.17) is 0 Å². The molecule has 51 valence electrons. The number of rotatable bonds is 0. The molecule has 0 saturated heterocycles. The quantitative estimate of drug-likeness (QED) is 0.529. The van der Waals surface area contributed by atoms with Crippen molar-refractivity contribution in [1.29, 1.82) is 0 Å². The normalized spacial score (nSPS) is 15.5. The SMILES string of the molecule is CN1[CH]Cc2cccnc21. The summed E-state index contributed by atoms with van der Waals surface area (Å²) in [7, 11) is 2.03. The van der Waals surface area contributed by atoms with Gasteiger partial charge in [0.15, 0.2) is 0 Å². The molecule has 0 unspecified atom stereocenters. The van der Waals surface area contributed by atoms with Gasteiger partial charge in [0.2, 0.25) is 0 Å². The van der Waals surface area contributed by atoms with E-state index in [1.54, 1.807) is 0 Å². The first kappa shape index (κ1) is 5.71. The topological polar surface area (TPSA) is 16.1 Å². The number of hydrogen-bond acceptors (Lipinski definition) is 2. The Labute approximate surface area is 60.5 Å². The van der Waals surface area contributed by atoms with Crippen LogP contribution in [-0.2, 0) is 6.42 Å². The molecule has 0 aliphatic carbocycles. The molecule has 0 amide bonds. The maximum Gasteiger partial charge on any atom is 0.131 e. The van der Waals surface area contributed by atoms with Crippen molar-refractivity contribution >= 4 is 5.82 Å². The Kier molecular flexibility index (Phi) is 1.13. The molecule has 1 aliphatic rings. The Morgan fingerprint density at radius 2 is 2.50 bits per heavy atom. The zero-order valence-corrected chi connectivity index (χ0v) is 5.91. The smallest absolute Gasteiger partial charge is 0.131 e. The fourth-order valence-electron chi connectivity index (χ4n) is 1.23. The van der Waals surface area contributed by atoms with Crippen LogP contribution in [0.3, 0.4) is 0 Å². The lowest BCUT2D eigenvalue weighted by Gasteiger charge is -2.08. The molecule has 0 fully saturated rings. The molecule has 10 heavy (non-hydrogen) atoms. The van der Waals surface area contributed by atoms with E-state index in [0.717, 1.165) is 12.2 Å². The highest BCUT2D eigenvalue weighted by Gasteiger charge is 2.15. The summed E-state index contributed by atoms with van der Waals surface area (Å²) < 4.78 is 0. The van der Waals surface area contributed by atoms with Gasteiger partial charge in [-0.3, -0.25) is 0 Å². The first-order valence-corrected chi connectivity index (χ1v) is 3.38. The van der Waals surface area contributed by atoms with Crippen LogP contribution in [0.5, 0.6) is 0 Å². The van der Waals surface area contributed by atoms with E-state index in [1.165, 1.54) is 5.56 Å². The van der Waals surface area contributed by atoms with Crippen LogP contribution in [0.4, 0.5) is 5.82 Å². The van der Waals surface area contributed by atoms with E-state index >= 15 is 0 Å². The van der Waals surface area contributed by atoms with Gasteiger partial charge in [0.05, 0.1) is 6.54 Å². The van der Waals surface area contributed by atoms with Crippen LogP contribution in [0.1, 0.15) is 5.56 Å². The Balaban J connectivity index is 2.51. The van der Waals surface area contributed by atoms with E-state index < -0.39 is 0 Å². The van der Waals surface area contributed by atoms with E-state index in [-0.39, 0.29) is 0 Å². The van der Waals surface area contributed by atoms with Crippen molar-refractivity contribution in [3.05, 3.63) is 30.4 Å². The number of likely N-dealkylation sites (N-methyl/N-ethyl adjacent to an activating group) is 1. The summed E-state index contributed by atoms with van der Waals surface area (Å²) in [5, 5.41) is 0. The van der Waals surface area contributed by atoms with Gasteiger partial charge in [0.25, 0.3) is 0 Å². The molecule has 1 radical (unpaired) electrons. The molecule has 2 heteroatoms. The van der Waals surface area contributed by atoms with Gasteiger partial charge in [-0.15, -0.1) is 0 Å². The van der Waals surface area contributed by atoms with E-state index in [2.05, 4.69) is 22.5 Å². The maximum atomic E-state index is 4.23. The lowest BCUT2D eigenvalue weighted by molar-refractivity contribution is 1.07. The zero-order valence-electron chi connectivity index (χ0n) is 5.91. The predicted octanol–water partition coefficient (Wildman–Crippen LogP) is 1.24. The van der Waals surface area contributed by atoms with Crippen molar-refractivity contribution < 1.29 is 0 Å². The van der Waals surface area contributed by atoms with Gasteiger partial charge in [-0.2, -0.15) is 0 Å². The van der Waals surface area contributed by atoms with Gasteiger partial charge in [-0.1, -0.05) is 6.07 Å². The van der Waals surface area contributed by atoms with Crippen molar-refractivity contribution in [3.63, 3.8) is 0 Å². The van der Waals surface area contributed by atoms with E-state index in [0.29, 0.717) is 0 Å². The van der Waals surface area contributed by atoms with Crippen molar-refractivity contribution in [2.24, 2.45) is 0 Å². The Bertz CT molecular complexity index is 245. The lowest BCUT2D eigenvalue weighted by Crippen LogP contribution is -2.08. The second-order valence-corrected chi connectivity index (χ2v) is 2.48. The van der Waals surface area contributed by atoms with Gasteiger partial charge >= 0.3 is 0 Å². The summed E-state index contributed by atoms with van der Waals surface area (Å²) in [4.78, 5) is 6.30. The van der Waals surface area contributed by atoms with E-state index in [9.17, 15) is 0 Å². The van der Waals surface area contributed by atoms with Gasteiger partial charge < -0.3 is 4.90 Å². The molecule has 0 bridgehead atoms. The van der Waals surface area contributed by atoms with Crippen LogP contribution in [0.15, 0.2) is 18.3 Å². The third kappa shape index (κ3) is 0.685. The molecule has 0 aromatic carbocycles. The number of fused-ring (bicyclic) bond motifs is 1. The number of nitrogens with zero attached hydrogens (tertiary/aromatic N) is 2. The van der Waals surface area contributed by atoms with Crippen LogP contribution >= 0.6 is 0 Å². The predicted molar refractivity (Wildman–Crippen MR) is 40.6 cm³/mol. The van der Waals surface area contributed by atoms with Crippen molar-refractivity contribution in [2.75, 3.05) is 11.9 Å². The Morgan fingerprint density at radius 1 is 1.60 bits per heavy atom. The van der Waals surface area contributed by atoms with Crippen LogP contribution in [0, 0.1) is 6.54 Å². The summed E-state index contributed by atoms with van der Waals surface area (Å²) in [5.74, 6) is 1.10. The highest BCUT2D eigenvalue weighted by molar-refractivity contribution is 5.53. The third-order valence-electron chi connectivity index (χ3n) is 1.79. The average molecular weight is 133 g/mol. The molecule has 2 nitrogen and oxygen atoms in total. The minimum Gasteiger partial charge on any atom is -0.354 e. The molecule has 2 rings (SSSR count). The van der Waals surface area contributed by atoms with Crippen LogP contribution < -0.4 is 4.90 Å². The van der Waals surface area contributed by atoms with Crippen molar-refractivity contribution in [3.8, 4) is 0 Å². The molecule has 0 spiro atoms. The summed E-state index contributed by atoms with van der Waals surface area (Å²) in [6, 6.07) is 4.09. The number of hydrogen-bond donors (Lipinski definition) is 0. The summed E-state index contributed by atoms with van der Waals surface area (Å²) >= 11 is 0. The summed E-state index contributed by atoms with van der Waals surface area (Å²) in [6.07, 6.45) is 2.86. The fourth-order valence-corrected chi connectivity index (χ4v) is 1.23. The minimum absolute atomic E-state index is 1.03. The standard InChI is InChI=1S/C8H9N2/c1-10-6-4-7-3-2-5-9-8(7)10/h2-3,5-6H,4H2,1H3. The second kappa shape index (κ2) is 1.97. The zero-order chi connectivity index (χ0) is 6.97. The minimum atomic E-state index is 1.03. The first-order chi connectivity index (χ1) is 4.88. The molecule has 0 N–H and O–H groups in total. The highest BCUT2D eigenvalue weighted by atomic mass is 15.2. The molecular weight excluding hydrogens is 124 g/mol. The fraction of sp³-hybridized carbons (Fsp3) is 0.250. The van der Waals surface area contributed by atoms with Gasteiger partial charge in [0.1, 0.15) is 5.82 Å². The van der Waals surface area contributed by atoms with Gasteiger partial charge in [-0.05, 0) is 18.1 Å². The number of aromatic nitrogens is 1. The van der Waals surface area contributed by atoms with Gasteiger partial charge in [-0.25, -0.2) is 4.98 Å². The van der Waals surface area contributed by atoms with Crippen molar-refractivity contribution in [2.45, 2.75) is 6.42 Å². The molecule has 1 aromatic rings. The first-order valence-electron chi connectivity index (χ1n) is 3.38. The van der Waals surface area contributed by atoms with E-state index in [1.807, 2.05) is 19.3 Å². The molecule has 1 aliphatic heterocycles. The maximum absolute atomic E-state index is 4.23. The Hall–Kier alpha value is -1.05. The van der Waals surface area contributed by atoms with Crippen LogP contribution in [0.25, 0.3) is 0 Å². The summed E-state index contributed by atoms with van der Waals surface area (Å²) in [6.45, 7) is 2.14. The average Bonchev–Trinajstić information content (AvgIpc) is 2.34. The Morgan fingerprint density at radius 3 is 3.30 bits per heavy atom. The third-order valence-corrected chi connectivity index (χ3v) is 1.79. The number of pyridine rings is 1. The van der Waals surface area contributed by atoms with Gasteiger partial charge in [0, 0.05) is 13.2 Å². The molecular formula is C8H9N2.